The fourth-order valence-corrected chi connectivity index (χ4v) is 4.94. The molecule has 1 N–H and O–H groups in total. The number of urea groups is 1. The van der Waals surface area contributed by atoms with Crippen molar-refractivity contribution in [2.75, 3.05) is 47.5 Å². The zero-order valence-electron chi connectivity index (χ0n) is 18.0. The molecular formula is C23H27N3O4S. The summed E-state index contributed by atoms with van der Waals surface area (Å²) in [5.74, 6) is 2.24. The molecule has 0 bridgehead atoms. The van der Waals surface area contributed by atoms with Gasteiger partial charge in [-0.25, -0.2) is 9.10 Å². The molecule has 0 saturated heterocycles. The van der Waals surface area contributed by atoms with Gasteiger partial charge in [0.2, 0.25) is 0 Å². The molecule has 4 rings (SSSR count). The maximum Gasteiger partial charge on any atom is 0.318 e. The molecule has 7 nitrogen and oxygen atoms in total. The Balaban J connectivity index is 1.28. The first-order valence-corrected chi connectivity index (χ1v) is 10.9. The maximum absolute atomic E-state index is 12.7. The summed E-state index contributed by atoms with van der Waals surface area (Å²) in [5.41, 5.74) is 3.64. The molecule has 164 valence electrons. The number of carbonyl (C=O) groups excluding carboxylic acids is 1. The molecule has 0 aromatic heterocycles. The van der Waals surface area contributed by atoms with E-state index < -0.39 is 0 Å². The summed E-state index contributed by atoms with van der Waals surface area (Å²) in [5, 5.41) is 3.02. The lowest BCUT2D eigenvalue weighted by Crippen LogP contribution is -2.40. The van der Waals surface area contributed by atoms with Gasteiger partial charge < -0.3 is 24.4 Å². The van der Waals surface area contributed by atoms with Gasteiger partial charge in [-0.15, -0.1) is 0 Å². The van der Waals surface area contributed by atoms with E-state index in [1.54, 1.807) is 33.3 Å². The van der Waals surface area contributed by atoms with Gasteiger partial charge in [0.25, 0.3) is 0 Å². The fraction of sp³-hybridized carbons (Fsp3) is 0.348. The maximum atomic E-state index is 12.7. The van der Waals surface area contributed by atoms with E-state index in [0.717, 1.165) is 40.8 Å². The first-order valence-electron chi connectivity index (χ1n) is 10.1. The van der Waals surface area contributed by atoms with Gasteiger partial charge in [0.1, 0.15) is 5.75 Å². The lowest BCUT2D eigenvalue weighted by Gasteiger charge is -2.23. The Morgan fingerprint density at radius 1 is 0.903 bits per heavy atom. The average Bonchev–Trinajstić information content (AvgIpc) is 3.36. The van der Waals surface area contributed by atoms with Crippen molar-refractivity contribution in [2.45, 2.75) is 11.4 Å². The molecule has 2 aliphatic rings. The highest BCUT2D eigenvalue weighted by molar-refractivity contribution is 7.97. The van der Waals surface area contributed by atoms with Crippen LogP contribution in [-0.4, -0.2) is 62.7 Å². The standard InChI is InChI=1S/C23H27N3O4S/c1-28-20-7-5-4-6-16(20)11-24-23(27)25-12-17-14-26(15-18(17)13-25)31-19-8-9-21(29-2)22(10-19)30-3/h4-10H,11-15H2,1-3H3,(H,24,27). The molecule has 2 aliphatic heterocycles. The second-order valence-corrected chi connectivity index (χ2v) is 8.61. The Labute approximate surface area is 187 Å². The third kappa shape index (κ3) is 4.75. The van der Waals surface area contributed by atoms with Crippen LogP contribution >= 0.6 is 11.9 Å². The molecule has 2 amide bonds. The third-order valence-corrected chi connectivity index (χ3v) is 6.48. The van der Waals surface area contributed by atoms with Gasteiger partial charge in [0.15, 0.2) is 11.5 Å². The molecule has 2 aromatic carbocycles. The number of carbonyl (C=O) groups is 1. The Kier molecular flexibility index (Phi) is 6.58. The molecule has 2 aromatic rings. The summed E-state index contributed by atoms with van der Waals surface area (Å²) in [4.78, 5) is 15.6. The number of ether oxygens (including phenoxy) is 3. The molecule has 0 aliphatic carbocycles. The van der Waals surface area contributed by atoms with Crippen LogP contribution in [0.1, 0.15) is 5.56 Å². The number of amides is 2. The second kappa shape index (κ2) is 9.53. The van der Waals surface area contributed by atoms with Crippen LogP contribution in [0.5, 0.6) is 17.2 Å². The summed E-state index contributed by atoms with van der Waals surface area (Å²) in [6.45, 7) is 3.51. The number of nitrogens with zero attached hydrogens (tertiary/aromatic N) is 2. The zero-order chi connectivity index (χ0) is 21.8. The van der Waals surface area contributed by atoms with Gasteiger partial charge in [0.05, 0.1) is 21.3 Å². The molecule has 31 heavy (non-hydrogen) atoms. The number of methoxy groups -OCH3 is 3. The number of benzene rings is 2. The van der Waals surface area contributed by atoms with Crippen LogP contribution in [0.3, 0.4) is 0 Å². The molecule has 0 atom stereocenters. The van der Waals surface area contributed by atoms with E-state index in [9.17, 15) is 4.79 Å². The van der Waals surface area contributed by atoms with Crippen LogP contribution in [0.25, 0.3) is 0 Å². The quantitative estimate of drug-likeness (QED) is 0.524. The molecule has 0 unspecified atom stereocenters. The lowest BCUT2D eigenvalue weighted by atomic mass is 10.2. The fourth-order valence-electron chi connectivity index (χ4n) is 3.91. The van der Waals surface area contributed by atoms with Crippen molar-refractivity contribution in [3.05, 3.63) is 59.2 Å². The number of rotatable bonds is 7. The average molecular weight is 442 g/mol. The minimum Gasteiger partial charge on any atom is -0.496 e. The number of para-hydroxylation sites is 1. The second-order valence-electron chi connectivity index (χ2n) is 7.44. The zero-order valence-corrected chi connectivity index (χ0v) is 18.8. The Morgan fingerprint density at radius 3 is 2.26 bits per heavy atom. The molecular weight excluding hydrogens is 414 g/mol. The van der Waals surface area contributed by atoms with E-state index >= 15 is 0 Å². The minimum atomic E-state index is -0.0422. The Morgan fingerprint density at radius 2 is 1.58 bits per heavy atom. The summed E-state index contributed by atoms with van der Waals surface area (Å²) in [7, 11) is 4.92. The SMILES string of the molecule is COc1ccccc1CNC(=O)N1CC2=C(CN(Sc3ccc(OC)c(OC)c3)C2)C1. The van der Waals surface area contributed by atoms with Crippen molar-refractivity contribution in [1.82, 2.24) is 14.5 Å². The van der Waals surface area contributed by atoms with Gasteiger partial charge in [0, 0.05) is 43.2 Å². The highest BCUT2D eigenvalue weighted by Gasteiger charge is 2.32. The van der Waals surface area contributed by atoms with Crippen LogP contribution in [0.2, 0.25) is 0 Å². The van der Waals surface area contributed by atoms with E-state index in [0.29, 0.717) is 19.6 Å². The number of nitrogens with one attached hydrogen (secondary N) is 1. The molecule has 0 fully saturated rings. The van der Waals surface area contributed by atoms with Crippen LogP contribution in [0, 0.1) is 0 Å². The summed E-state index contributed by atoms with van der Waals surface area (Å²) in [6, 6.07) is 13.6. The van der Waals surface area contributed by atoms with E-state index in [-0.39, 0.29) is 6.03 Å². The molecule has 2 heterocycles. The summed E-state index contributed by atoms with van der Waals surface area (Å²) in [6.07, 6.45) is 0. The van der Waals surface area contributed by atoms with Gasteiger partial charge in [-0.05, 0) is 47.4 Å². The van der Waals surface area contributed by atoms with Gasteiger partial charge in [-0.1, -0.05) is 18.2 Å². The van der Waals surface area contributed by atoms with Crippen molar-refractivity contribution in [3.8, 4) is 17.2 Å². The summed E-state index contributed by atoms with van der Waals surface area (Å²) >= 11 is 1.70. The molecule has 0 saturated carbocycles. The Hall–Kier alpha value is -2.84. The first kappa shape index (κ1) is 21.4. The summed E-state index contributed by atoms with van der Waals surface area (Å²) < 4.78 is 18.4. The normalized spacial score (nSPS) is 15.8. The molecule has 8 heteroatoms. The van der Waals surface area contributed by atoms with Crippen LogP contribution in [-0.2, 0) is 6.54 Å². The third-order valence-electron chi connectivity index (χ3n) is 5.50. The van der Waals surface area contributed by atoms with Gasteiger partial charge >= 0.3 is 6.03 Å². The lowest BCUT2D eigenvalue weighted by molar-refractivity contribution is 0.208. The number of hydrogen-bond donors (Lipinski definition) is 1. The first-order chi connectivity index (χ1) is 15.1. The van der Waals surface area contributed by atoms with Crippen molar-refractivity contribution in [1.29, 1.82) is 0 Å². The van der Waals surface area contributed by atoms with Crippen LogP contribution < -0.4 is 19.5 Å². The molecule has 0 spiro atoms. The topological polar surface area (TPSA) is 63.3 Å². The number of hydrogen-bond acceptors (Lipinski definition) is 6. The van der Waals surface area contributed by atoms with Crippen molar-refractivity contribution in [3.63, 3.8) is 0 Å². The monoisotopic (exact) mass is 441 g/mol. The minimum absolute atomic E-state index is 0.0422. The van der Waals surface area contributed by atoms with Crippen LogP contribution in [0.15, 0.2) is 58.5 Å². The van der Waals surface area contributed by atoms with E-state index in [1.807, 2.05) is 47.4 Å². The van der Waals surface area contributed by atoms with Gasteiger partial charge in [-0.2, -0.15) is 0 Å². The highest BCUT2D eigenvalue weighted by Crippen LogP contribution is 2.37. The largest absolute Gasteiger partial charge is 0.496 e. The smallest absolute Gasteiger partial charge is 0.318 e. The van der Waals surface area contributed by atoms with E-state index in [2.05, 4.69) is 9.62 Å². The van der Waals surface area contributed by atoms with Crippen molar-refractivity contribution < 1.29 is 19.0 Å². The van der Waals surface area contributed by atoms with E-state index in [1.165, 1.54) is 11.1 Å². The van der Waals surface area contributed by atoms with Gasteiger partial charge in [-0.3, -0.25) is 0 Å². The molecule has 0 radical (unpaired) electrons. The highest BCUT2D eigenvalue weighted by atomic mass is 32.2. The Bertz CT molecular complexity index is 977. The van der Waals surface area contributed by atoms with Crippen molar-refractivity contribution >= 4 is 18.0 Å². The van der Waals surface area contributed by atoms with E-state index in [4.69, 9.17) is 14.2 Å². The predicted octanol–water partition coefficient (Wildman–Crippen LogP) is 3.56. The van der Waals surface area contributed by atoms with Crippen molar-refractivity contribution in [2.24, 2.45) is 0 Å². The van der Waals surface area contributed by atoms with Crippen LogP contribution in [0.4, 0.5) is 4.79 Å². The predicted molar refractivity (Wildman–Crippen MR) is 121 cm³/mol.